The number of hydrogen-bond acceptors (Lipinski definition) is 3. The second-order valence-electron chi connectivity index (χ2n) is 6.72. The standard InChI is InChI=1S/C23H17NO2/c1-14-3-7-16(8-4-14)20-12-18-11-19-22(13-21(18)25-20)26-23(24-19)17-9-5-15(2)6-10-17/h3-13H,1-2H3. The van der Waals surface area contributed by atoms with Gasteiger partial charge in [0.05, 0.1) is 0 Å². The maximum atomic E-state index is 6.04. The summed E-state index contributed by atoms with van der Waals surface area (Å²) in [7, 11) is 0. The molecule has 0 fully saturated rings. The SMILES string of the molecule is Cc1ccc(-c2cc3cc4nc(-c5ccc(C)cc5)oc4cc3o2)cc1. The van der Waals surface area contributed by atoms with Crippen LogP contribution in [0.4, 0.5) is 0 Å². The quantitative estimate of drug-likeness (QED) is 0.367. The number of aromatic nitrogens is 1. The van der Waals surface area contributed by atoms with Gasteiger partial charge in [0, 0.05) is 22.6 Å². The number of aryl methyl sites for hydroxylation is 2. The van der Waals surface area contributed by atoms with Crippen molar-refractivity contribution in [2.75, 3.05) is 0 Å². The van der Waals surface area contributed by atoms with Gasteiger partial charge in [-0.2, -0.15) is 0 Å². The lowest BCUT2D eigenvalue weighted by Gasteiger charge is -1.96. The molecule has 3 aromatic carbocycles. The van der Waals surface area contributed by atoms with E-state index in [0.29, 0.717) is 5.89 Å². The lowest BCUT2D eigenvalue weighted by atomic mass is 10.1. The smallest absolute Gasteiger partial charge is 0.227 e. The molecule has 3 nitrogen and oxygen atoms in total. The van der Waals surface area contributed by atoms with Crippen molar-refractivity contribution in [2.45, 2.75) is 13.8 Å². The number of oxazole rings is 1. The Hall–Kier alpha value is -3.33. The first-order valence-corrected chi connectivity index (χ1v) is 8.64. The van der Waals surface area contributed by atoms with Crippen LogP contribution in [0.1, 0.15) is 11.1 Å². The molecular formula is C23H17NO2. The summed E-state index contributed by atoms with van der Waals surface area (Å²) in [5.74, 6) is 1.48. The zero-order chi connectivity index (χ0) is 17.7. The number of hydrogen-bond donors (Lipinski definition) is 0. The summed E-state index contributed by atoms with van der Waals surface area (Å²) in [5.41, 5.74) is 6.86. The van der Waals surface area contributed by atoms with Crippen LogP contribution in [0, 0.1) is 13.8 Å². The second-order valence-corrected chi connectivity index (χ2v) is 6.72. The summed E-state index contributed by atoms with van der Waals surface area (Å²) in [6, 6.07) is 22.5. The van der Waals surface area contributed by atoms with Crippen LogP contribution in [0.2, 0.25) is 0 Å². The minimum Gasteiger partial charge on any atom is -0.456 e. The normalized spacial score (nSPS) is 11.5. The van der Waals surface area contributed by atoms with Crippen LogP contribution >= 0.6 is 0 Å². The zero-order valence-corrected chi connectivity index (χ0v) is 14.6. The van der Waals surface area contributed by atoms with Crippen LogP contribution in [0.15, 0.2) is 75.6 Å². The maximum Gasteiger partial charge on any atom is 0.227 e. The van der Waals surface area contributed by atoms with E-state index in [-0.39, 0.29) is 0 Å². The van der Waals surface area contributed by atoms with Gasteiger partial charge >= 0.3 is 0 Å². The first kappa shape index (κ1) is 15.0. The molecule has 126 valence electrons. The number of fused-ring (bicyclic) bond motifs is 2. The number of rotatable bonds is 2. The largest absolute Gasteiger partial charge is 0.456 e. The van der Waals surface area contributed by atoms with Gasteiger partial charge in [0.25, 0.3) is 0 Å². The Kier molecular flexibility index (Phi) is 3.22. The molecule has 0 unspecified atom stereocenters. The molecule has 0 amide bonds. The highest BCUT2D eigenvalue weighted by atomic mass is 16.4. The van der Waals surface area contributed by atoms with E-state index < -0.39 is 0 Å². The molecule has 2 aromatic heterocycles. The summed E-state index contributed by atoms with van der Waals surface area (Å²) in [4.78, 5) is 4.65. The fraction of sp³-hybridized carbons (Fsp3) is 0.0870. The van der Waals surface area contributed by atoms with Gasteiger partial charge in [0.1, 0.15) is 16.9 Å². The van der Waals surface area contributed by atoms with Crippen molar-refractivity contribution in [2.24, 2.45) is 0 Å². The van der Waals surface area contributed by atoms with E-state index >= 15 is 0 Å². The van der Waals surface area contributed by atoms with E-state index in [0.717, 1.165) is 39.0 Å². The Labute approximate surface area is 150 Å². The predicted molar refractivity (Wildman–Crippen MR) is 104 cm³/mol. The Morgan fingerprint density at radius 2 is 1.31 bits per heavy atom. The second kappa shape index (κ2) is 5.60. The molecule has 0 radical (unpaired) electrons. The molecule has 2 heterocycles. The van der Waals surface area contributed by atoms with Gasteiger partial charge in [-0.15, -0.1) is 0 Å². The van der Waals surface area contributed by atoms with E-state index in [1.807, 2.05) is 24.3 Å². The highest BCUT2D eigenvalue weighted by Crippen LogP contribution is 2.33. The lowest BCUT2D eigenvalue weighted by molar-refractivity contribution is 0.613. The zero-order valence-electron chi connectivity index (χ0n) is 14.6. The monoisotopic (exact) mass is 339 g/mol. The fourth-order valence-electron chi connectivity index (χ4n) is 3.14. The molecular weight excluding hydrogens is 322 g/mol. The van der Waals surface area contributed by atoms with E-state index in [9.17, 15) is 0 Å². The highest BCUT2D eigenvalue weighted by molar-refractivity contribution is 5.94. The molecule has 0 aliphatic heterocycles. The molecule has 0 atom stereocenters. The highest BCUT2D eigenvalue weighted by Gasteiger charge is 2.13. The van der Waals surface area contributed by atoms with E-state index in [1.54, 1.807) is 0 Å². The Bertz CT molecular complexity index is 1080. The van der Waals surface area contributed by atoms with Crippen LogP contribution < -0.4 is 0 Å². The Morgan fingerprint density at radius 3 is 2.00 bits per heavy atom. The van der Waals surface area contributed by atoms with Gasteiger partial charge in [0.15, 0.2) is 5.58 Å². The van der Waals surface area contributed by atoms with Gasteiger partial charge < -0.3 is 8.83 Å². The van der Waals surface area contributed by atoms with Crippen molar-refractivity contribution in [3.8, 4) is 22.8 Å². The minimum atomic E-state index is 0.631. The van der Waals surface area contributed by atoms with Gasteiger partial charge in [-0.25, -0.2) is 4.98 Å². The molecule has 0 aliphatic carbocycles. The van der Waals surface area contributed by atoms with Crippen LogP contribution in [0.3, 0.4) is 0 Å². The van der Waals surface area contributed by atoms with Crippen molar-refractivity contribution >= 4 is 22.1 Å². The van der Waals surface area contributed by atoms with Crippen molar-refractivity contribution in [1.29, 1.82) is 0 Å². The van der Waals surface area contributed by atoms with Crippen LogP contribution in [0.25, 0.3) is 44.8 Å². The van der Waals surface area contributed by atoms with Crippen molar-refractivity contribution in [3.63, 3.8) is 0 Å². The molecule has 0 aliphatic rings. The average molecular weight is 339 g/mol. The van der Waals surface area contributed by atoms with E-state index in [4.69, 9.17) is 8.83 Å². The number of furan rings is 1. The van der Waals surface area contributed by atoms with Crippen LogP contribution in [-0.4, -0.2) is 4.98 Å². The molecule has 0 saturated carbocycles. The third-order valence-electron chi connectivity index (χ3n) is 4.66. The molecule has 5 aromatic rings. The molecule has 0 saturated heterocycles. The maximum absolute atomic E-state index is 6.04. The van der Waals surface area contributed by atoms with Crippen LogP contribution in [0.5, 0.6) is 0 Å². The third kappa shape index (κ3) is 2.49. The molecule has 5 rings (SSSR count). The Morgan fingerprint density at radius 1 is 0.654 bits per heavy atom. The minimum absolute atomic E-state index is 0.631. The topological polar surface area (TPSA) is 39.2 Å². The van der Waals surface area contributed by atoms with Gasteiger partial charge in [-0.05, 0) is 38.1 Å². The summed E-state index contributed by atoms with van der Waals surface area (Å²) in [6.07, 6.45) is 0. The first-order chi connectivity index (χ1) is 12.7. The molecule has 0 N–H and O–H groups in total. The lowest BCUT2D eigenvalue weighted by Crippen LogP contribution is -1.77. The third-order valence-corrected chi connectivity index (χ3v) is 4.66. The summed E-state index contributed by atoms with van der Waals surface area (Å²) in [6.45, 7) is 4.14. The van der Waals surface area contributed by atoms with Crippen LogP contribution in [-0.2, 0) is 0 Å². The van der Waals surface area contributed by atoms with Gasteiger partial charge in [-0.3, -0.25) is 0 Å². The fourth-order valence-corrected chi connectivity index (χ4v) is 3.14. The molecule has 3 heteroatoms. The first-order valence-electron chi connectivity index (χ1n) is 8.64. The number of nitrogens with zero attached hydrogens (tertiary/aromatic N) is 1. The average Bonchev–Trinajstić information content (AvgIpc) is 3.23. The molecule has 0 spiro atoms. The summed E-state index contributed by atoms with van der Waals surface area (Å²) < 4.78 is 12.0. The summed E-state index contributed by atoms with van der Waals surface area (Å²) >= 11 is 0. The van der Waals surface area contributed by atoms with E-state index in [1.165, 1.54) is 11.1 Å². The van der Waals surface area contributed by atoms with Gasteiger partial charge in [0.2, 0.25) is 5.89 Å². The van der Waals surface area contributed by atoms with Crippen molar-refractivity contribution in [1.82, 2.24) is 4.98 Å². The summed E-state index contributed by atoms with van der Waals surface area (Å²) in [5, 5.41) is 1.02. The van der Waals surface area contributed by atoms with E-state index in [2.05, 4.69) is 61.3 Å². The molecule has 0 bridgehead atoms. The van der Waals surface area contributed by atoms with Gasteiger partial charge in [-0.1, -0.05) is 47.5 Å². The predicted octanol–water partition coefficient (Wildman–Crippen LogP) is 6.52. The molecule has 26 heavy (non-hydrogen) atoms. The van der Waals surface area contributed by atoms with Crippen molar-refractivity contribution < 1.29 is 8.83 Å². The number of benzene rings is 3. The Balaban J connectivity index is 1.60. The van der Waals surface area contributed by atoms with Crippen molar-refractivity contribution in [3.05, 3.63) is 77.9 Å².